The number of hydrogen-bond acceptors (Lipinski definition) is 5. The first-order chi connectivity index (χ1) is 4.66. The van der Waals surface area contributed by atoms with Gasteiger partial charge in [0.05, 0.1) is 6.04 Å². The summed E-state index contributed by atoms with van der Waals surface area (Å²) in [6.07, 6.45) is -0.400. The molecule has 0 amide bonds. The van der Waals surface area contributed by atoms with Crippen LogP contribution in [0.4, 0.5) is 0 Å². The quantitative estimate of drug-likeness (QED) is 0.354. The fourth-order valence-corrected chi connectivity index (χ4v) is 0.900. The van der Waals surface area contributed by atoms with Crippen molar-refractivity contribution in [3.63, 3.8) is 0 Å². The van der Waals surface area contributed by atoms with Crippen LogP contribution in [0.3, 0.4) is 0 Å². The Balaban J connectivity index is 2.61. The zero-order valence-electron chi connectivity index (χ0n) is 5.49. The fraction of sp³-hybridized carbons (Fsp3) is 0.800. The first-order valence-electron chi connectivity index (χ1n) is 3.08. The summed E-state index contributed by atoms with van der Waals surface area (Å²) in [5, 5.41) is 0. The second-order valence-corrected chi connectivity index (χ2v) is 2.31. The van der Waals surface area contributed by atoms with Crippen molar-refractivity contribution in [2.24, 2.45) is 17.2 Å². The second-order valence-electron chi connectivity index (χ2n) is 2.31. The number of cyclic esters (lactones) is 1. The third-order valence-corrected chi connectivity index (χ3v) is 1.62. The molecule has 5 heteroatoms. The number of nitrogens with two attached hydrogens (primary N) is 3. The van der Waals surface area contributed by atoms with E-state index in [9.17, 15) is 4.79 Å². The van der Waals surface area contributed by atoms with E-state index in [1.165, 1.54) is 0 Å². The topological polar surface area (TPSA) is 104 Å². The maximum Gasteiger partial charge on any atom is 0.325 e. The minimum Gasteiger partial charge on any atom is -0.458 e. The predicted octanol–water partition coefficient (Wildman–Crippen LogP) is -2.47. The highest BCUT2D eigenvalue weighted by atomic mass is 16.6. The van der Waals surface area contributed by atoms with E-state index in [0.717, 1.165) is 0 Å². The summed E-state index contributed by atoms with van der Waals surface area (Å²) >= 11 is 0. The van der Waals surface area contributed by atoms with Gasteiger partial charge in [0.2, 0.25) is 0 Å². The van der Waals surface area contributed by atoms with Crippen LogP contribution in [-0.4, -0.2) is 30.7 Å². The molecule has 3 atom stereocenters. The Bertz CT molecular complexity index is 150. The maximum absolute atomic E-state index is 10.7. The predicted molar refractivity (Wildman–Crippen MR) is 34.9 cm³/mol. The van der Waals surface area contributed by atoms with Crippen LogP contribution in [0.1, 0.15) is 0 Å². The fourth-order valence-electron chi connectivity index (χ4n) is 0.900. The Kier molecular flexibility index (Phi) is 1.89. The molecule has 0 aliphatic carbocycles. The van der Waals surface area contributed by atoms with Crippen molar-refractivity contribution in [3.8, 4) is 0 Å². The van der Waals surface area contributed by atoms with Crippen LogP contribution in [0.25, 0.3) is 0 Å². The standard InChI is InChI=1S/C5H11N3O2/c6-1-2-3(7)4(8)5(9)10-2/h2-4H,1,6-8H2/t2-,3-,4+/m1/s1. The van der Waals surface area contributed by atoms with Crippen LogP contribution in [0.2, 0.25) is 0 Å². The summed E-state index contributed by atoms with van der Waals surface area (Å²) in [5.41, 5.74) is 16.0. The van der Waals surface area contributed by atoms with Crippen LogP contribution >= 0.6 is 0 Å². The Morgan fingerprint density at radius 1 is 1.50 bits per heavy atom. The molecule has 0 bridgehead atoms. The molecular weight excluding hydrogens is 134 g/mol. The smallest absolute Gasteiger partial charge is 0.325 e. The average molecular weight is 145 g/mol. The average Bonchev–Trinajstić information content (AvgIpc) is 2.17. The minimum absolute atomic E-state index is 0.237. The number of carbonyl (C=O) groups excluding carboxylic acids is 1. The molecule has 10 heavy (non-hydrogen) atoms. The Labute approximate surface area is 58.5 Å². The van der Waals surface area contributed by atoms with E-state index in [1.54, 1.807) is 0 Å². The monoisotopic (exact) mass is 145 g/mol. The minimum atomic E-state index is -0.700. The lowest BCUT2D eigenvalue weighted by Gasteiger charge is -2.10. The third-order valence-electron chi connectivity index (χ3n) is 1.62. The van der Waals surface area contributed by atoms with E-state index < -0.39 is 24.2 Å². The normalized spacial score (nSPS) is 39.9. The molecule has 1 saturated heterocycles. The molecule has 1 heterocycles. The number of hydrogen-bond donors (Lipinski definition) is 3. The summed E-state index contributed by atoms with van der Waals surface area (Å²) < 4.78 is 4.72. The van der Waals surface area contributed by atoms with Crippen molar-refractivity contribution < 1.29 is 9.53 Å². The van der Waals surface area contributed by atoms with Crippen molar-refractivity contribution in [1.82, 2.24) is 0 Å². The van der Waals surface area contributed by atoms with Crippen LogP contribution in [0.15, 0.2) is 0 Å². The van der Waals surface area contributed by atoms with Gasteiger partial charge in [0, 0.05) is 6.54 Å². The summed E-state index contributed by atoms with van der Waals surface area (Å²) in [4.78, 5) is 10.7. The number of rotatable bonds is 1. The van der Waals surface area contributed by atoms with Crippen molar-refractivity contribution in [1.29, 1.82) is 0 Å². The molecular formula is C5H11N3O2. The maximum atomic E-state index is 10.7. The first-order valence-corrected chi connectivity index (χ1v) is 3.08. The lowest BCUT2D eigenvalue weighted by molar-refractivity contribution is -0.142. The molecule has 0 aromatic rings. The van der Waals surface area contributed by atoms with Crippen molar-refractivity contribution in [2.75, 3.05) is 6.54 Å². The van der Waals surface area contributed by atoms with E-state index in [4.69, 9.17) is 21.9 Å². The van der Waals surface area contributed by atoms with E-state index in [-0.39, 0.29) is 6.54 Å². The summed E-state index contributed by atoms with van der Waals surface area (Å²) in [7, 11) is 0. The van der Waals surface area contributed by atoms with Gasteiger partial charge >= 0.3 is 5.97 Å². The number of ether oxygens (including phenoxy) is 1. The molecule has 6 N–H and O–H groups in total. The zero-order valence-corrected chi connectivity index (χ0v) is 5.49. The Hall–Kier alpha value is -0.650. The molecule has 1 aliphatic rings. The van der Waals surface area contributed by atoms with E-state index in [1.807, 2.05) is 0 Å². The molecule has 0 saturated carbocycles. The van der Waals surface area contributed by atoms with Crippen LogP contribution in [0.5, 0.6) is 0 Å². The summed E-state index contributed by atoms with van der Waals surface area (Å²) in [6.45, 7) is 0.237. The third kappa shape index (κ3) is 0.985. The van der Waals surface area contributed by atoms with Gasteiger partial charge in [0.1, 0.15) is 12.1 Å². The van der Waals surface area contributed by atoms with Crippen molar-refractivity contribution in [2.45, 2.75) is 18.2 Å². The lowest BCUT2D eigenvalue weighted by Crippen LogP contribution is -2.47. The van der Waals surface area contributed by atoms with Crippen molar-refractivity contribution in [3.05, 3.63) is 0 Å². The van der Waals surface area contributed by atoms with E-state index in [2.05, 4.69) is 0 Å². The molecule has 1 aliphatic heterocycles. The summed E-state index contributed by atoms with van der Waals surface area (Å²) in [6, 6.07) is -1.15. The molecule has 0 spiro atoms. The molecule has 58 valence electrons. The van der Waals surface area contributed by atoms with Gasteiger partial charge in [0.15, 0.2) is 0 Å². The molecule has 5 nitrogen and oxygen atoms in total. The lowest BCUT2D eigenvalue weighted by atomic mass is 10.1. The molecule has 1 rings (SSSR count). The zero-order chi connectivity index (χ0) is 7.72. The van der Waals surface area contributed by atoms with Gasteiger partial charge in [-0.1, -0.05) is 0 Å². The summed E-state index contributed by atoms with van der Waals surface area (Å²) in [5.74, 6) is -0.456. The highest BCUT2D eigenvalue weighted by Gasteiger charge is 2.38. The van der Waals surface area contributed by atoms with Gasteiger partial charge in [-0.15, -0.1) is 0 Å². The Morgan fingerprint density at radius 3 is 2.30 bits per heavy atom. The molecule has 0 unspecified atom stereocenters. The van der Waals surface area contributed by atoms with Crippen LogP contribution in [0, 0.1) is 0 Å². The van der Waals surface area contributed by atoms with Crippen LogP contribution in [-0.2, 0) is 9.53 Å². The number of esters is 1. The van der Waals surface area contributed by atoms with Gasteiger partial charge in [-0.05, 0) is 0 Å². The molecule has 0 aromatic heterocycles. The van der Waals surface area contributed by atoms with Gasteiger partial charge in [-0.2, -0.15) is 0 Å². The second kappa shape index (κ2) is 2.53. The molecule has 1 fully saturated rings. The molecule has 0 radical (unpaired) electrons. The SMILES string of the molecule is NC[C@H]1OC(=O)[C@@H](N)[C@@H]1N. The Morgan fingerprint density at radius 2 is 2.10 bits per heavy atom. The van der Waals surface area contributed by atoms with Gasteiger partial charge < -0.3 is 21.9 Å². The first kappa shape index (κ1) is 7.46. The van der Waals surface area contributed by atoms with Crippen LogP contribution < -0.4 is 17.2 Å². The highest BCUT2D eigenvalue weighted by molar-refractivity contribution is 5.79. The highest BCUT2D eigenvalue weighted by Crippen LogP contribution is 2.10. The largest absolute Gasteiger partial charge is 0.458 e. The van der Waals surface area contributed by atoms with Gasteiger partial charge in [-0.3, -0.25) is 4.79 Å². The van der Waals surface area contributed by atoms with Crippen molar-refractivity contribution >= 4 is 5.97 Å². The molecule has 0 aromatic carbocycles. The van der Waals surface area contributed by atoms with E-state index >= 15 is 0 Å². The van der Waals surface area contributed by atoms with Gasteiger partial charge in [-0.25, -0.2) is 0 Å². The van der Waals surface area contributed by atoms with Gasteiger partial charge in [0.25, 0.3) is 0 Å². The van der Waals surface area contributed by atoms with E-state index in [0.29, 0.717) is 0 Å². The number of carbonyl (C=O) groups is 1.